The first-order chi connectivity index (χ1) is 13.6. The standard InChI is InChI=1S/C22H22BrN3OS/c1-2-11-26-13-18-14-28-21(24-20(27)16-7-4-3-5-8-16)25-22(18,15-26)17-9-6-10-19(23)12-17/h2-10,12,18H,1,11,13-15H2,(H,24,25,27). The van der Waals surface area contributed by atoms with Crippen LogP contribution >= 0.6 is 27.7 Å². The van der Waals surface area contributed by atoms with Gasteiger partial charge in [0.15, 0.2) is 5.17 Å². The first-order valence-electron chi connectivity index (χ1n) is 9.29. The largest absolute Gasteiger partial charge is 0.301 e. The zero-order valence-corrected chi connectivity index (χ0v) is 17.9. The molecule has 1 saturated heterocycles. The molecule has 2 aromatic carbocycles. The van der Waals surface area contributed by atoms with Gasteiger partial charge in [-0.1, -0.05) is 64.1 Å². The van der Waals surface area contributed by atoms with Crippen LogP contribution in [-0.2, 0) is 5.54 Å². The molecule has 0 spiro atoms. The average molecular weight is 456 g/mol. The Morgan fingerprint density at radius 3 is 2.89 bits per heavy atom. The molecule has 2 aliphatic rings. The third kappa shape index (κ3) is 3.81. The van der Waals surface area contributed by atoms with Crippen LogP contribution in [0.1, 0.15) is 15.9 Å². The van der Waals surface area contributed by atoms with E-state index >= 15 is 0 Å². The molecule has 0 saturated carbocycles. The topological polar surface area (TPSA) is 44.7 Å². The Kier molecular flexibility index (Phi) is 5.71. The van der Waals surface area contributed by atoms with Crippen molar-refractivity contribution in [1.82, 2.24) is 10.2 Å². The van der Waals surface area contributed by atoms with Crippen molar-refractivity contribution in [3.63, 3.8) is 0 Å². The zero-order chi connectivity index (χ0) is 19.6. The Labute approximate surface area is 178 Å². The number of benzene rings is 2. The lowest BCUT2D eigenvalue weighted by molar-refractivity contribution is 0.0977. The lowest BCUT2D eigenvalue weighted by Crippen LogP contribution is -2.42. The maximum Gasteiger partial charge on any atom is 0.257 e. The molecule has 0 aliphatic carbocycles. The fourth-order valence-corrected chi connectivity index (χ4v) is 5.53. The van der Waals surface area contributed by atoms with E-state index < -0.39 is 0 Å². The Morgan fingerprint density at radius 1 is 1.32 bits per heavy atom. The Hall–Kier alpha value is -1.89. The minimum atomic E-state index is -0.350. The SMILES string of the molecule is C=CCN1CC2CSC(NC(=O)c3ccccc3)=NC2(c2cccc(Br)c2)C1. The maximum atomic E-state index is 12.6. The van der Waals surface area contributed by atoms with Crippen LogP contribution in [0, 0.1) is 5.92 Å². The van der Waals surface area contributed by atoms with Crippen LogP contribution in [-0.4, -0.2) is 41.4 Å². The van der Waals surface area contributed by atoms with E-state index in [9.17, 15) is 4.79 Å². The highest BCUT2D eigenvalue weighted by atomic mass is 79.9. The number of fused-ring (bicyclic) bond motifs is 1. The van der Waals surface area contributed by atoms with Gasteiger partial charge in [0.2, 0.25) is 0 Å². The summed E-state index contributed by atoms with van der Waals surface area (Å²) in [5, 5.41) is 3.73. The van der Waals surface area contributed by atoms with E-state index in [1.807, 2.05) is 42.5 Å². The molecule has 2 heterocycles. The Balaban J connectivity index is 1.68. The zero-order valence-electron chi connectivity index (χ0n) is 15.5. The summed E-state index contributed by atoms with van der Waals surface area (Å²) in [5.41, 5.74) is 1.48. The van der Waals surface area contributed by atoms with Crippen molar-refractivity contribution < 1.29 is 4.79 Å². The number of hydrogen-bond donors (Lipinski definition) is 1. The second-order valence-electron chi connectivity index (χ2n) is 7.16. The Morgan fingerprint density at radius 2 is 2.14 bits per heavy atom. The second kappa shape index (κ2) is 8.23. The molecule has 0 radical (unpaired) electrons. The minimum Gasteiger partial charge on any atom is -0.301 e. The van der Waals surface area contributed by atoms with E-state index in [-0.39, 0.29) is 11.4 Å². The molecule has 1 fully saturated rings. The van der Waals surface area contributed by atoms with Gasteiger partial charge in [0.1, 0.15) is 5.54 Å². The van der Waals surface area contributed by atoms with Crippen LogP contribution in [0.4, 0.5) is 0 Å². The van der Waals surface area contributed by atoms with Crippen molar-refractivity contribution in [1.29, 1.82) is 0 Å². The van der Waals surface area contributed by atoms with Gasteiger partial charge in [-0.05, 0) is 29.8 Å². The molecule has 28 heavy (non-hydrogen) atoms. The van der Waals surface area contributed by atoms with Gasteiger partial charge in [0.05, 0.1) is 0 Å². The number of nitrogens with zero attached hydrogens (tertiary/aromatic N) is 2. The fourth-order valence-electron chi connectivity index (χ4n) is 4.00. The summed E-state index contributed by atoms with van der Waals surface area (Å²) in [4.78, 5) is 20.2. The number of amides is 1. The molecule has 144 valence electrons. The molecule has 2 aliphatic heterocycles. The number of likely N-dealkylation sites (tertiary alicyclic amines) is 1. The monoisotopic (exact) mass is 455 g/mol. The molecular formula is C22H22BrN3OS. The van der Waals surface area contributed by atoms with Crippen LogP contribution in [0.15, 0.2) is 76.7 Å². The predicted octanol–water partition coefficient (Wildman–Crippen LogP) is 4.30. The number of rotatable bonds is 4. The number of carbonyl (C=O) groups excluding carboxylic acids is 1. The predicted molar refractivity (Wildman–Crippen MR) is 120 cm³/mol. The van der Waals surface area contributed by atoms with Gasteiger partial charge < -0.3 is 5.32 Å². The summed E-state index contributed by atoms with van der Waals surface area (Å²) in [6, 6.07) is 17.7. The quantitative estimate of drug-likeness (QED) is 0.699. The molecule has 2 atom stereocenters. The van der Waals surface area contributed by atoms with Gasteiger partial charge >= 0.3 is 0 Å². The number of aliphatic imine (C=N–C) groups is 1. The van der Waals surface area contributed by atoms with Crippen molar-refractivity contribution in [2.45, 2.75) is 5.54 Å². The molecule has 2 unspecified atom stereocenters. The number of thioether (sulfide) groups is 1. The van der Waals surface area contributed by atoms with Crippen molar-refractivity contribution in [3.05, 3.63) is 82.9 Å². The van der Waals surface area contributed by atoms with Crippen LogP contribution < -0.4 is 5.32 Å². The summed E-state index contributed by atoms with van der Waals surface area (Å²) < 4.78 is 1.04. The van der Waals surface area contributed by atoms with E-state index in [0.29, 0.717) is 16.6 Å². The van der Waals surface area contributed by atoms with E-state index in [2.05, 4.69) is 50.9 Å². The van der Waals surface area contributed by atoms with Gasteiger partial charge in [-0.25, -0.2) is 4.99 Å². The summed E-state index contributed by atoms with van der Waals surface area (Å²) >= 11 is 5.24. The molecule has 4 nitrogen and oxygen atoms in total. The van der Waals surface area contributed by atoms with E-state index in [1.165, 1.54) is 5.56 Å². The third-order valence-corrected chi connectivity index (χ3v) is 6.84. The minimum absolute atomic E-state index is 0.115. The molecule has 1 amide bonds. The lowest BCUT2D eigenvalue weighted by Gasteiger charge is -2.36. The van der Waals surface area contributed by atoms with Crippen LogP contribution in [0.5, 0.6) is 0 Å². The highest BCUT2D eigenvalue weighted by Gasteiger charge is 2.50. The number of carbonyl (C=O) groups is 1. The highest BCUT2D eigenvalue weighted by Crippen LogP contribution is 2.46. The van der Waals surface area contributed by atoms with Gasteiger partial charge in [-0.2, -0.15) is 0 Å². The molecule has 0 aromatic heterocycles. The maximum absolute atomic E-state index is 12.6. The van der Waals surface area contributed by atoms with Gasteiger partial charge in [-0.15, -0.1) is 6.58 Å². The van der Waals surface area contributed by atoms with E-state index in [1.54, 1.807) is 11.8 Å². The van der Waals surface area contributed by atoms with Crippen molar-refractivity contribution in [2.24, 2.45) is 10.9 Å². The fraction of sp³-hybridized carbons (Fsp3) is 0.273. The second-order valence-corrected chi connectivity index (χ2v) is 9.09. The van der Waals surface area contributed by atoms with Crippen LogP contribution in [0.2, 0.25) is 0 Å². The molecule has 6 heteroatoms. The van der Waals surface area contributed by atoms with Crippen molar-refractivity contribution in [2.75, 3.05) is 25.4 Å². The molecule has 0 bridgehead atoms. The van der Waals surface area contributed by atoms with Crippen LogP contribution in [0.25, 0.3) is 0 Å². The highest BCUT2D eigenvalue weighted by molar-refractivity contribution is 9.10. The normalized spacial score (nSPS) is 24.3. The smallest absolute Gasteiger partial charge is 0.257 e. The van der Waals surface area contributed by atoms with E-state index in [4.69, 9.17) is 4.99 Å². The molecule has 4 rings (SSSR count). The number of halogens is 1. The van der Waals surface area contributed by atoms with Gasteiger partial charge in [-0.3, -0.25) is 9.69 Å². The summed E-state index contributed by atoms with van der Waals surface area (Å²) in [6.07, 6.45) is 1.95. The van der Waals surface area contributed by atoms with Gasteiger partial charge in [0.25, 0.3) is 5.91 Å². The Bertz CT molecular complexity index is 917. The average Bonchev–Trinajstić information content (AvgIpc) is 3.07. The molecule has 2 aromatic rings. The number of nitrogens with one attached hydrogen (secondary N) is 1. The summed E-state index contributed by atoms with van der Waals surface area (Å²) in [7, 11) is 0. The molecule has 1 N–H and O–H groups in total. The number of hydrogen-bond acceptors (Lipinski definition) is 4. The van der Waals surface area contributed by atoms with Crippen LogP contribution in [0.3, 0.4) is 0 Å². The summed E-state index contributed by atoms with van der Waals surface area (Å²) in [5.74, 6) is 1.20. The molecular weight excluding hydrogens is 434 g/mol. The number of amidine groups is 1. The first kappa shape index (κ1) is 19.4. The van der Waals surface area contributed by atoms with Crippen molar-refractivity contribution in [3.8, 4) is 0 Å². The first-order valence-corrected chi connectivity index (χ1v) is 11.1. The van der Waals surface area contributed by atoms with Gasteiger partial charge in [0, 0.05) is 41.3 Å². The third-order valence-electron chi connectivity index (χ3n) is 5.31. The van der Waals surface area contributed by atoms with Crippen molar-refractivity contribution >= 4 is 38.8 Å². The summed E-state index contributed by atoms with van der Waals surface area (Å²) in [6.45, 7) is 6.54. The van der Waals surface area contributed by atoms with E-state index in [0.717, 1.165) is 29.9 Å². The lowest BCUT2D eigenvalue weighted by atomic mass is 9.82.